The van der Waals surface area contributed by atoms with Gasteiger partial charge in [0.2, 0.25) is 11.8 Å². The van der Waals surface area contributed by atoms with Crippen LogP contribution in [0.25, 0.3) is 0 Å². The number of methoxy groups -OCH3 is 1. The molecule has 10 nitrogen and oxygen atoms in total. The van der Waals surface area contributed by atoms with E-state index in [4.69, 9.17) is 4.74 Å². The second-order valence-corrected chi connectivity index (χ2v) is 9.53. The molecule has 0 radical (unpaired) electrons. The summed E-state index contributed by atoms with van der Waals surface area (Å²) in [6, 6.07) is 3.43. The average Bonchev–Trinajstić information content (AvgIpc) is 2.74. The lowest BCUT2D eigenvalue weighted by Gasteiger charge is -2.43. The Morgan fingerprint density at radius 3 is 2.18 bits per heavy atom. The van der Waals surface area contributed by atoms with Crippen LogP contribution in [0, 0.1) is 6.92 Å². The number of carbonyl (C=O) groups is 4. The van der Waals surface area contributed by atoms with Crippen molar-refractivity contribution in [3.8, 4) is 5.75 Å². The minimum atomic E-state index is -1.15. The third-order valence-corrected chi connectivity index (χ3v) is 5.25. The van der Waals surface area contributed by atoms with Crippen molar-refractivity contribution in [2.75, 3.05) is 20.2 Å². The predicted molar refractivity (Wildman–Crippen MR) is 126 cm³/mol. The number of rotatable bonds is 9. The zero-order valence-corrected chi connectivity index (χ0v) is 21.3. The zero-order chi connectivity index (χ0) is 26.3. The van der Waals surface area contributed by atoms with Gasteiger partial charge in [0, 0.05) is 5.54 Å². The van der Waals surface area contributed by atoms with E-state index in [9.17, 15) is 24.3 Å². The molecule has 3 N–H and O–H groups in total. The van der Waals surface area contributed by atoms with Crippen molar-refractivity contribution >= 4 is 23.9 Å². The Kier molecular flexibility index (Phi) is 9.90. The van der Waals surface area contributed by atoms with E-state index in [0.717, 1.165) is 0 Å². The fourth-order valence-corrected chi connectivity index (χ4v) is 3.14. The number of benzene rings is 1. The normalized spacial score (nSPS) is 12.4. The Labute approximate surface area is 201 Å². The van der Waals surface area contributed by atoms with Gasteiger partial charge < -0.3 is 30.1 Å². The maximum Gasteiger partial charge on any atom is 0.408 e. The van der Waals surface area contributed by atoms with Gasteiger partial charge in [0.05, 0.1) is 7.11 Å². The minimum Gasteiger partial charge on any atom is -0.508 e. The average molecular weight is 480 g/mol. The summed E-state index contributed by atoms with van der Waals surface area (Å²) < 4.78 is 9.79. The van der Waals surface area contributed by atoms with Gasteiger partial charge in [-0.05, 0) is 71.2 Å². The largest absolute Gasteiger partial charge is 0.508 e. The molecule has 0 aromatic heterocycles. The van der Waals surface area contributed by atoms with Crippen LogP contribution in [0.1, 0.15) is 65.1 Å². The van der Waals surface area contributed by atoms with Crippen molar-refractivity contribution in [3.05, 3.63) is 29.3 Å². The third kappa shape index (κ3) is 8.24. The molecule has 190 valence electrons. The first kappa shape index (κ1) is 28.7. The Morgan fingerprint density at radius 1 is 1.06 bits per heavy atom. The van der Waals surface area contributed by atoms with E-state index in [2.05, 4.69) is 15.4 Å². The van der Waals surface area contributed by atoms with Crippen LogP contribution in [0.4, 0.5) is 4.79 Å². The van der Waals surface area contributed by atoms with Crippen molar-refractivity contribution < 1.29 is 33.8 Å². The van der Waals surface area contributed by atoms with Crippen LogP contribution in [0.15, 0.2) is 18.2 Å². The fourth-order valence-electron chi connectivity index (χ4n) is 3.14. The molecule has 0 aliphatic carbocycles. The number of phenols is 1. The van der Waals surface area contributed by atoms with Crippen molar-refractivity contribution in [2.45, 2.75) is 72.1 Å². The number of nitrogens with zero attached hydrogens (tertiary/aromatic N) is 1. The first-order valence-electron chi connectivity index (χ1n) is 11.1. The Bertz CT molecular complexity index is 906. The van der Waals surface area contributed by atoms with Crippen LogP contribution in [-0.4, -0.2) is 65.2 Å². The highest BCUT2D eigenvalue weighted by molar-refractivity contribution is 5.92. The van der Waals surface area contributed by atoms with Crippen molar-refractivity contribution in [1.29, 1.82) is 0 Å². The summed E-state index contributed by atoms with van der Waals surface area (Å²) in [5.41, 5.74) is -0.608. The zero-order valence-electron chi connectivity index (χ0n) is 21.3. The highest BCUT2D eigenvalue weighted by Gasteiger charge is 2.40. The summed E-state index contributed by atoms with van der Waals surface area (Å²) in [6.45, 7) is 11.5. The topological polar surface area (TPSA) is 134 Å². The Balaban J connectivity index is 3.40. The van der Waals surface area contributed by atoms with E-state index < -0.39 is 47.6 Å². The van der Waals surface area contributed by atoms with Gasteiger partial charge in [-0.1, -0.05) is 13.0 Å². The van der Waals surface area contributed by atoms with E-state index in [1.54, 1.807) is 47.6 Å². The lowest BCUT2D eigenvalue weighted by atomic mass is 9.92. The number of carbonyl (C=O) groups excluding carboxylic acids is 4. The maximum atomic E-state index is 13.4. The maximum absolute atomic E-state index is 13.4. The molecule has 1 atom stereocenters. The van der Waals surface area contributed by atoms with E-state index in [-0.39, 0.29) is 12.3 Å². The number of phenolic OH excluding ortho intramolecular Hbond substituents is 1. The van der Waals surface area contributed by atoms with Crippen molar-refractivity contribution in [1.82, 2.24) is 15.5 Å². The third-order valence-electron chi connectivity index (χ3n) is 5.25. The van der Waals surface area contributed by atoms with E-state index >= 15 is 0 Å². The standard InChI is InChI=1S/C24H37N3O7/c1-9-24(6,7)27(18(29)13-26-22(32)34-23(3,4)5)20(21(31)25-14-19(30)33-8)16-10-11-17(28)15(2)12-16/h10-12,20,28H,9,13-14H2,1-8H3,(H,25,31)(H,26,32). The fraction of sp³-hybridized carbons (Fsp3) is 0.583. The molecule has 1 rings (SSSR count). The molecule has 0 heterocycles. The molecule has 0 bridgehead atoms. The molecule has 0 fully saturated rings. The lowest BCUT2D eigenvalue weighted by molar-refractivity contribution is -0.148. The summed E-state index contributed by atoms with van der Waals surface area (Å²) in [4.78, 5) is 51.8. The molecule has 1 aromatic rings. The van der Waals surface area contributed by atoms with Crippen LogP contribution in [-0.2, 0) is 23.9 Å². The second-order valence-electron chi connectivity index (χ2n) is 9.53. The number of amides is 3. The highest BCUT2D eigenvalue weighted by atomic mass is 16.6. The SMILES string of the molecule is CCC(C)(C)N(C(=O)CNC(=O)OC(C)(C)C)C(C(=O)NCC(=O)OC)c1ccc(O)c(C)c1. The molecular weight excluding hydrogens is 442 g/mol. The van der Waals surface area contributed by atoms with Crippen LogP contribution >= 0.6 is 0 Å². The number of aryl methyl sites for hydroxylation is 1. The van der Waals surface area contributed by atoms with Gasteiger partial charge in [-0.15, -0.1) is 0 Å². The number of hydrogen-bond donors (Lipinski definition) is 3. The number of aromatic hydroxyl groups is 1. The molecule has 34 heavy (non-hydrogen) atoms. The van der Waals surface area contributed by atoms with Crippen LogP contribution in [0.5, 0.6) is 5.75 Å². The minimum absolute atomic E-state index is 0.0386. The van der Waals surface area contributed by atoms with Crippen LogP contribution < -0.4 is 10.6 Å². The number of hydrogen-bond acceptors (Lipinski definition) is 7. The number of esters is 1. The van der Waals surface area contributed by atoms with Gasteiger partial charge in [0.1, 0.15) is 30.5 Å². The van der Waals surface area contributed by atoms with E-state index in [0.29, 0.717) is 17.5 Å². The summed E-state index contributed by atoms with van der Waals surface area (Å²) in [5.74, 6) is -1.74. The van der Waals surface area contributed by atoms with Gasteiger partial charge in [-0.3, -0.25) is 14.4 Å². The summed E-state index contributed by atoms with van der Waals surface area (Å²) in [7, 11) is 1.20. The van der Waals surface area contributed by atoms with Gasteiger partial charge in [-0.2, -0.15) is 0 Å². The molecule has 1 aromatic carbocycles. The molecular formula is C24H37N3O7. The second kappa shape index (κ2) is 11.7. The van der Waals surface area contributed by atoms with Crippen molar-refractivity contribution in [3.63, 3.8) is 0 Å². The molecule has 0 saturated carbocycles. The summed E-state index contributed by atoms with van der Waals surface area (Å²) in [6.07, 6.45) is -0.273. The molecule has 0 spiro atoms. The van der Waals surface area contributed by atoms with Gasteiger partial charge in [0.25, 0.3) is 0 Å². The lowest BCUT2D eigenvalue weighted by Crippen LogP contribution is -2.56. The molecule has 0 aliphatic heterocycles. The number of ether oxygens (including phenoxy) is 2. The van der Waals surface area contributed by atoms with Gasteiger partial charge in [0.15, 0.2) is 0 Å². The monoisotopic (exact) mass is 479 g/mol. The smallest absolute Gasteiger partial charge is 0.408 e. The first-order valence-corrected chi connectivity index (χ1v) is 11.1. The highest BCUT2D eigenvalue weighted by Crippen LogP contribution is 2.33. The quantitative estimate of drug-likeness (QED) is 0.463. The Hall–Kier alpha value is -3.30. The number of alkyl carbamates (subject to hydrolysis) is 1. The van der Waals surface area contributed by atoms with Crippen molar-refractivity contribution in [2.24, 2.45) is 0 Å². The van der Waals surface area contributed by atoms with E-state index in [1.165, 1.54) is 24.1 Å². The molecule has 10 heteroatoms. The Morgan fingerprint density at radius 2 is 1.68 bits per heavy atom. The van der Waals surface area contributed by atoms with Gasteiger partial charge in [-0.25, -0.2) is 4.79 Å². The summed E-state index contributed by atoms with van der Waals surface area (Å²) >= 11 is 0. The molecule has 0 saturated heterocycles. The number of nitrogens with one attached hydrogen (secondary N) is 2. The van der Waals surface area contributed by atoms with Crippen LogP contribution in [0.2, 0.25) is 0 Å². The molecule has 0 aliphatic rings. The molecule has 3 amide bonds. The van der Waals surface area contributed by atoms with Crippen LogP contribution in [0.3, 0.4) is 0 Å². The van der Waals surface area contributed by atoms with Gasteiger partial charge >= 0.3 is 12.1 Å². The summed E-state index contributed by atoms with van der Waals surface area (Å²) in [5, 5.41) is 14.9. The predicted octanol–water partition coefficient (Wildman–Crippen LogP) is 2.57. The van der Waals surface area contributed by atoms with E-state index in [1.807, 2.05) is 6.92 Å². The first-order chi connectivity index (χ1) is 15.6. The molecule has 1 unspecified atom stereocenters.